The van der Waals surface area contributed by atoms with Crippen molar-refractivity contribution in [1.29, 1.82) is 0 Å². The molecule has 0 saturated carbocycles. The molecule has 1 aromatic heterocycles. The Labute approximate surface area is 174 Å². The number of rotatable bonds is 12. The molecule has 7 nitrogen and oxygen atoms in total. The molecule has 1 aromatic carbocycles. The van der Waals surface area contributed by atoms with Crippen LogP contribution in [0.4, 0.5) is 0 Å². The van der Waals surface area contributed by atoms with Crippen molar-refractivity contribution in [3.8, 4) is 11.5 Å². The zero-order valence-electron chi connectivity index (χ0n) is 18.6. The number of aliphatic hydroxyl groups excluding tert-OH is 1. The summed E-state index contributed by atoms with van der Waals surface area (Å²) in [6, 6.07) is 6.32. The normalized spacial score (nSPS) is 12.8. The van der Waals surface area contributed by atoms with Crippen molar-refractivity contribution in [2.45, 2.75) is 52.6 Å². The van der Waals surface area contributed by atoms with Crippen molar-refractivity contribution in [2.75, 3.05) is 34.4 Å². The van der Waals surface area contributed by atoms with E-state index in [1.807, 2.05) is 37.6 Å². The molecule has 0 saturated heterocycles. The van der Waals surface area contributed by atoms with Crippen LogP contribution >= 0.6 is 0 Å². The predicted molar refractivity (Wildman–Crippen MR) is 115 cm³/mol. The number of hydrogen-bond donors (Lipinski definition) is 1. The molecule has 1 atom stereocenters. The predicted octanol–water partition coefficient (Wildman–Crippen LogP) is 2.62. The van der Waals surface area contributed by atoms with E-state index in [0.29, 0.717) is 24.1 Å². The fourth-order valence-electron chi connectivity index (χ4n) is 3.10. The molecule has 0 aliphatic rings. The molecule has 2 aromatic rings. The highest BCUT2D eigenvalue weighted by atomic mass is 16.5. The molecule has 0 aliphatic heterocycles. The summed E-state index contributed by atoms with van der Waals surface area (Å²) >= 11 is 0. The quantitative estimate of drug-likeness (QED) is 0.587. The molecule has 0 fully saturated rings. The molecule has 0 aliphatic carbocycles. The van der Waals surface area contributed by atoms with Gasteiger partial charge in [-0.1, -0.05) is 6.07 Å². The Balaban J connectivity index is 1.98. The van der Waals surface area contributed by atoms with Crippen LogP contribution in [0, 0.1) is 0 Å². The zero-order chi connectivity index (χ0) is 21.4. The van der Waals surface area contributed by atoms with Gasteiger partial charge in [0.1, 0.15) is 18.5 Å². The lowest BCUT2D eigenvalue weighted by molar-refractivity contribution is 0.0668. The van der Waals surface area contributed by atoms with Crippen LogP contribution in [-0.2, 0) is 19.6 Å². The largest absolute Gasteiger partial charge is 0.493 e. The van der Waals surface area contributed by atoms with Gasteiger partial charge < -0.3 is 24.0 Å². The van der Waals surface area contributed by atoms with Gasteiger partial charge in [-0.05, 0) is 52.6 Å². The van der Waals surface area contributed by atoms with Crippen LogP contribution in [0.1, 0.15) is 32.2 Å². The first-order valence-electron chi connectivity index (χ1n) is 10.2. The number of nitrogens with zero attached hydrogens (tertiary/aromatic N) is 4. The number of imidazole rings is 1. The first-order valence-corrected chi connectivity index (χ1v) is 10.2. The summed E-state index contributed by atoms with van der Waals surface area (Å²) in [7, 11) is 5.70. The SMILES string of the molecule is CCn1ccnc1CN(C)Cc1ccc(OC)c(OC[C@H](O)CN(C)C(C)C)c1. The molecule has 1 heterocycles. The Morgan fingerprint density at radius 2 is 1.93 bits per heavy atom. The van der Waals surface area contributed by atoms with Gasteiger partial charge in [0.05, 0.1) is 13.7 Å². The third kappa shape index (κ3) is 7.03. The van der Waals surface area contributed by atoms with Crippen LogP contribution in [0.15, 0.2) is 30.6 Å². The number of hydrogen-bond acceptors (Lipinski definition) is 6. The average molecular weight is 405 g/mol. The van der Waals surface area contributed by atoms with Crippen molar-refractivity contribution in [3.05, 3.63) is 42.0 Å². The molecule has 0 bridgehead atoms. The second kappa shape index (κ2) is 11.2. The number of ether oxygens (including phenoxy) is 2. The highest BCUT2D eigenvalue weighted by Crippen LogP contribution is 2.29. The lowest BCUT2D eigenvalue weighted by Gasteiger charge is -2.24. The topological polar surface area (TPSA) is 63.0 Å². The van der Waals surface area contributed by atoms with Crippen LogP contribution in [-0.4, -0.2) is 71.0 Å². The Hall–Kier alpha value is -2.09. The molecule has 0 unspecified atom stereocenters. The highest BCUT2D eigenvalue weighted by molar-refractivity contribution is 5.43. The number of aliphatic hydroxyl groups is 1. The molecule has 7 heteroatoms. The van der Waals surface area contributed by atoms with E-state index in [1.165, 1.54) is 0 Å². The molecular weight excluding hydrogens is 368 g/mol. The summed E-state index contributed by atoms with van der Waals surface area (Å²) in [4.78, 5) is 8.75. The summed E-state index contributed by atoms with van der Waals surface area (Å²) in [5.41, 5.74) is 1.12. The number of aryl methyl sites for hydroxylation is 1. The summed E-state index contributed by atoms with van der Waals surface area (Å²) in [6.07, 6.45) is 3.28. The maximum absolute atomic E-state index is 10.3. The van der Waals surface area contributed by atoms with Crippen LogP contribution in [0.25, 0.3) is 0 Å². The van der Waals surface area contributed by atoms with Gasteiger partial charge in [-0.25, -0.2) is 4.98 Å². The van der Waals surface area contributed by atoms with Gasteiger partial charge in [0, 0.05) is 38.1 Å². The first kappa shape index (κ1) is 23.2. The van der Waals surface area contributed by atoms with Gasteiger partial charge in [-0.2, -0.15) is 0 Å². The monoisotopic (exact) mass is 404 g/mol. The van der Waals surface area contributed by atoms with E-state index < -0.39 is 6.10 Å². The first-order chi connectivity index (χ1) is 13.8. The maximum Gasteiger partial charge on any atom is 0.161 e. The second-order valence-corrected chi connectivity index (χ2v) is 7.79. The molecule has 1 N–H and O–H groups in total. The van der Waals surface area contributed by atoms with Crippen molar-refractivity contribution >= 4 is 0 Å². The minimum Gasteiger partial charge on any atom is -0.493 e. The summed E-state index contributed by atoms with van der Waals surface area (Å²) in [5.74, 6) is 2.37. The molecule has 162 valence electrons. The average Bonchev–Trinajstić information content (AvgIpc) is 3.13. The van der Waals surface area contributed by atoms with Gasteiger partial charge >= 0.3 is 0 Å². The summed E-state index contributed by atoms with van der Waals surface area (Å²) in [6.45, 7) is 9.54. The van der Waals surface area contributed by atoms with Crippen molar-refractivity contribution < 1.29 is 14.6 Å². The van der Waals surface area contributed by atoms with E-state index in [1.54, 1.807) is 7.11 Å². The molecule has 0 spiro atoms. The Morgan fingerprint density at radius 1 is 1.17 bits per heavy atom. The van der Waals surface area contributed by atoms with Gasteiger partial charge in [-0.15, -0.1) is 0 Å². The minimum absolute atomic E-state index is 0.223. The highest BCUT2D eigenvalue weighted by Gasteiger charge is 2.14. The van der Waals surface area contributed by atoms with Gasteiger partial charge in [0.15, 0.2) is 11.5 Å². The maximum atomic E-state index is 10.3. The lowest BCUT2D eigenvalue weighted by atomic mass is 10.2. The minimum atomic E-state index is -0.564. The van der Waals surface area contributed by atoms with Gasteiger partial charge in [0.25, 0.3) is 0 Å². The van der Waals surface area contributed by atoms with Gasteiger partial charge in [0.2, 0.25) is 0 Å². The standard InChI is InChI=1S/C22H36N4O3/c1-7-26-11-10-23-22(26)15-24(4)13-18-8-9-20(28-6)21(12-18)29-16-19(27)14-25(5)17(2)3/h8-12,17,19,27H,7,13-16H2,1-6H3/t19-/m1/s1. The Bertz CT molecular complexity index is 747. The van der Waals surface area contributed by atoms with Gasteiger partial charge in [-0.3, -0.25) is 4.90 Å². The molecule has 0 amide bonds. The van der Waals surface area contributed by atoms with Crippen LogP contribution in [0.3, 0.4) is 0 Å². The van der Waals surface area contributed by atoms with Crippen LogP contribution in [0.2, 0.25) is 0 Å². The number of likely N-dealkylation sites (N-methyl/N-ethyl adjacent to an activating group) is 1. The van der Waals surface area contributed by atoms with E-state index in [9.17, 15) is 5.11 Å². The number of methoxy groups -OCH3 is 1. The summed E-state index contributed by atoms with van der Waals surface area (Å²) < 4.78 is 13.5. The number of aromatic nitrogens is 2. The smallest absolute Gasteiger partial charge is 0.161 e. The molecule has 29 heavy (non-hydrogen) atoms. The molecule has 2 rings (SSSR count). The fraction of sp³-hybridized carbons (Fsp3) is 0.591. The van der Waals surface area contributed by atoms with E-state index in [4.69, 9.17) is 9.47 Å². The number of benzene rings is 1. The van der Waals surface area contributed by atoms with Crippen molar-refractivity contribution in [2.24, 2.45) is 0 Å². The van der Waals surface area contributed by atoms with Crippen molar-refractivity contribution in [1.82, 2.24) is 19.4 Å². The van der Waals surface area contributed by atoms with E-state index in [0.717, 1.165) is 31.0 Å². The van der Waals surface area contributed by atoms with Crippen LogP contribution in [0.5, 0.6) is 11.5 Å². The summed E-state index contributed by atoms with van der Waals surface area (Å²) in [5, 5.41) is 10.3. The van der Waals surface area contributed by atoms with Crippen molar-refractivity contribution in [3.63, 3.8) is 0 Å². The lowest BCUT2D eigenvalue weighted by Crippen LogP contribution is -2.37. The zero-order valence-corrected chi connectivity index (χ0v) is 18.6. The Kier molecular flexibility index (Phi) is 8.95. The fourth-order valence-corrected chi connectivity index (χ4v) is 3.10. The van der Waals surface area contributed by atoms with E-state index in [-0.39, 0.29) is 6.61 Å². The van der Waals surface area contributed by atoms with E-state index in [2.05, 4.69) is 47.2 Å². The Morgan fingerprint density at radius 3 is 2.59 bits per heavy atom. The third-order valence-corrected chi connectivity index (χ3v) is 5.05. The third-order valence-electron chi connectivity index (χ3n) is 5.05. The van der Waals surface area contributed by atoms with E-state index >= 15 is 0 Å². The second-order valence-electron chi connectivity index (χ2n) is 7.79. The molecular formula is C22H36N4O3. The van der Waals surface area contributed by atoms with Crippen LogP contribution < -0.4 is 9.47 Å². The molecule has 0 radical (unpaired) electrons.